The van der Waals surface area contributed by atoms with E-state index < -0.39 is 0 Å². The van der Waals surface area contributed by atoms with E-state index in [0.717, 1.165) is 58.4 Å². The number of hydrogen-bond acceptors (Lipinski definition) is 3. The molecular weight excluding hydrogens is 254 g/mol. The number of nitrogens with one attached hydrogen (secondary N) is 1. The fourth-order valence-corrected chi connectivity index (χ4v) is 3.22. The Bertz CT molecular complexity index is 353. The van der Waals surface area contributed by atoms with Gasteiger partial charge in [-0.2, -0.15) is 0 Å². The van der Waals surface area contributed by atoms with E-state index in [2.05, 4.69) is 12.2 Å². The number of hydrogen-bond donors (Lipinski definition) is 1. The summed E-state index contributed by atoms with van der Waals surface area (Å²) in [6, 6.07) is -0.208. The summed E-state index contributed by atoms with van der Waals surface area (Å²) in [5, 5.41) is 3.25. The van der Waals surface area contributed by atoms with Crippen LogP contribution < -0.4 is 5.32 Å². The summed E-state index contributed by atoms with van der Waals surface area (Å²) in [6.45, 7) is 8.07. The molecule has 20 heavy (non-hydrogen) atoms. The molecule has 2 atom stereocenters. The zero-order valence-electron chi connectivity index (χ0n) is 12.7. The lowest BCUT2D eigenvalue weighted by Crippen LogP contribution is -2.54. The van der Waals surface area contributed by atoms with Crippen LogP contribution in [0.4, 0.5) is 0 Å². The fourth-order valence-electron chi connectivity index (χ4n) is 3.22. The van der Waals surface area contributed by atoms with Crippen LogP contribution in [0.15, 0.2) is 0 Å². The van der Waals surface area contributed by atoms with Gasteiger partial charge >= 0.3 is 0 Å². The molecule has 5 heteroatoms. The molecule has 2 aliphatic rings. The molecule has 2 fully saturated rings. The molecule has 2 aliphatic heterocycles. The van der Waals surface area contributed by atoms with Gasteiger partial charge in [0.05, 0.1) is 0 Å². The molecule has 2 unspecified atom stereocenters. The van der Waals surface area contributed by atoms with Crippen LogP contribution in [0.1, 0.15) is 39.5 Å². The van der Waals surface area contributed by atoms with E-state index in [-0.39, 0.29) is 23.8 Å². The van der Waals surface area contributed by atoms with E-state index in [1.807, 2.05) is 16.7 Å². The predicted molar refractivity (Wildman–Crippen MR) is 78.3 cm³/mol. The van der Waals surface area contributed by atoms with Gasteiger partial charge in [-0.15, -0.1) is 0 Å². The Morgan fingerprint density at radius 1 is 1.25 bits per heavy atom. The summed E-state index contributed by atoms with van der Waals surface area (Å²) in [4.78, 5) is 28.8. The lowest BCUT2D eigenvalue weighted by Gasteiger charge is -2.33. The third-order valence-electron chi connectivity index (χ3n) is 4.39. The monoisotopic (exact) mass is 281 g/mol. The van der Waals surface area contributed by atoms with Gasteiger partial charge in [-0.1, -0.05) is 20.3 Å². The highest BCUT2D eigenvalue weighted by Crippen LogP contribution is 2.23. The third-order valence-corrected chi connectivity index (χ3v) is 4.39. The summed E-state index contributed by atoms with van der Waals surface area (Å²) in [5.41, 5.74) is 0. The Kier molecular flexibility index (Phi) is 5.40. The normalized spacial score (nSPS) is 24.8. The number of amides is 2. The van der Waals surface area contributed by atoms with Gasteiger partial charge in [0.25, 0.3) is 0 Å². The standard InChI is InChI=1S/C15H27N3O2/c1-3-5-12(2)14(19)18-9-4-6-13(18)15(20)17-10-7-16-8-11-17/h12-13,16H,3-11H2,1-2H3. The largest absolute Gasteiger partial charge is 0.338 e. The molecule has 2 amide bonds. The summed E-state index contributed by atoms with van der Waals surface area (Å²) >= 11 is 0. The number of rotatable bonds is 4. The van der Waals surface area contributed by atoms with Gasteiger partial charge in [0.2, 0.25) is 11.8 Å². The van der Waals surface area contributed by atoms with Crippen molar-refractivity contribution < 1.29 is 9.59 Å². The highest BCUT2D eigenvalue weighted by atomic mass is 16.2. The van der Waals surface area contributed by atoms with E-state index >= 15 is 0 Å². The van der Waals surface area contributed by atoms with Gasteiger partial charge in [0.15, 0.2) is 0 Å². The van der Waals surface area contributed by atoms with Crippen LogP contribution in [0.2, 0.25) is 0 Å². The molecule has 0 spiro atoms. The van der Waals surface area contributed by atoms with Gasteiger partial charge in [0, 0.05) is 38.6 Å². The average molecular weight is 281 g/mol. The van der Waals surface area contributed by atoms with E-state index in [0.29, 0.717) is 0 Å². The molecule has 0 aliphatic carbocycles. The summed E-state index contributed by atoms with van der Waals surface area (Å²) in [5.74, 6) is 0.357. The van der Waals surface area contributed by atoms with E-state index in [1.54, 1.807) is 0 Å². The van der Waals surface area contributed by atoms with E-state index in [4.69, 9.17) is 0 Å². The van der Waals surface area contributed by atoms with Crippen molar-refractivity contribution in [1.82, 2.24) is 15.1 Å². The van der Waals surface area contributed by atoms with Crippen LogP contribution in [0.3, 0.4) is 0 Å². The van der Waals surface area contributed by atoms with Gasteiger partial charge in [-0.05, 0) is 19.3 Å². The van der Waals surface area contributed by atoms with Crippen molar-refractivity contribution in [2.24, 2.45) is 5.92 Å². The smallest absolute Gasteiger partial charge is 0.245 e. The minimum Gasteiger partial charge on any atom is -0.338 e. The Labute approximate surface area is 121 Å². The zero-order chi connectivity index (χ0) is 14.5. The van der Waals surface area contributed by atoms with E-state index in [9.17, 15) is 9.59 Å². The van der Waals surface area contributed by atoms with Crippen LogP contribution in [0.5, 0.6) is 0 Å². The second-order valence-corrected chi connectivity index (χ2v) is 5.95. The minimum atomic E-state index is -0.208. The lowest BCUT2D eigenvalue weighted by atomic mass is 10.0. The van der Waals surface area contributed by atoms with Gasteiger partial charge in [-0.25, -0.2) is 0 Å². The van der Waals surface area contributed by atoms with Crippen molar-refractivity contribution in [2.75, 3.05) is 32.7 Å². The Morgan fingerprint density at radius 2 is 1.95 bits per heavy atom. The number of piperazine rings is 1. The molecule has 2 heterocycles. The maximum Gasteiger partial charge on any atom is 0.245 e. The van der Waals surface area contributed by atoms with Crippen molar-refractivity contribution in [2.45, 2.75) is 45.6 Å². The zero-order valence-corrected chi connectivity index (χ0v) is 12.7. The van der Waals surface area contributed by atoms with Gasteiger partial charge in [0.1, 0.15) is 6.04 Å². The molecule has 2 rings (SSSR count). The third kappa shape index (κ3) is 3.32. The molecular formula is C15H27N3O2. The van der Waals surface area contributed by atoms with Crippen molar-refractivity contribution in [1.29, 1.82) is 0 Å². The summed E-state index contributed by atoms with van der Waals surface area (Å²) in [7, 11) is 0. The molecule has 0 bridgehead atoms. The molecule has 2 saturated heterocycles. The Hall–Kier alpha value is -1.10. The SMILES string of the molecule is CCCC(C)C(=O)N1CCCC1C(=O)N1CCNCC1. The first-order chi connectivity index (χ1) is 9.65. The van der Waals surface area contributed by atoms with Crippen molar-refractivity contribution in [3.63, 3.8) is 0 Å². The highest BCUT2D eigenvalue weighted by molar-refractivity contribution is 5.89. The second-order valence-electron chi connectivity index (χ2n) is 5.95. The van der Waals surface area contributed by atoms with E-state index in [1.165, 1.54) is 0 Å². The first-order valence-corrected chi connectivity index (χ1v) is 7.95. The molecule has 1 N–H and O–H groups in total. The average Bonchev–Trinajstić information content (AvgIpc) is 2.96. The van der Waals surface area contributed by atoms with Crippen molar-refractivity contribution >= 4 is 11.8 Å². The molecule has 0 aromatic carbocycles. The fraction of sp³-hybridized carbons (Fsp3) is 0.867. The number of likely N-dealkylation sites (tertiary alicyclic amines) is 1. The van der Waals surface area contributed by atoms with Crippen molar-refractivity contribution in [3.05, 3.63) is 0 Å². The molecule has 0 aromatic heterocycles. The molecule has 0 aromatic rings. The van der Waals surface area contributed by atoms with Crippen LogP contribution in [-0.4, -0.2) is 60.4 Å². The molecule has 5 nitrogen and oxygen atoms in total. The molecule has 114 valence electrons. The maximum atomic E-state index is 12.6. The summed E-state index contributed by atoms with van der Waals surface area (Å²) < 4.78 is 0. The minimum absolute atomic E-state index is 0.0384. The quantitative estimate of drug-likeness (QED) is 0.831. The number of carbonyl (C=O) groups excluding carboxylic acids is 2. The second kappa shape index (κ2) is 7.07. The first kappa shape index (κ1) is 15.3. The highest BCUT2D eigenvalue weighted by Gasteiger charge is 2.37. The van der Waals surface area contributed by atoms with Crippen LogP contribution in [-0.2, 0) is 9.59 Å². The maximum absolute atomic E-state index is 12.6. The van der Waals surface area contributed by atoms with Crippen LogP contribution in [0.25, 0.3) is 0 Å². The number of carbonyl (C=O) groups is 2. The number of nitrogens with zero attached hydrogens (tertiary/aromatic N) is 2. The van der Waals surface area contributed by atoms with Crippen LogP contribution >= 0.6 is 0 Å². The molecule has 0 saturated carbocycles. The first-order valence-electron chi connectivity index (χ1n) is 7.95. The van der Waals surface area contributed by atoms with Crippen molar-refractivity contribution in [3.8, 4) is 0 Å². The topological polar surface area (TPSA) is 52.7 Å². The Morgan fingerprint density at radius 3 is 2.60 bits per heavy atom. The molecule has 0 radical (unpaired) electrons. The lowest BCUT2D eigenvalue weighted by molar-refractivity contribution is -0.146. The van der Waals surface area contributed by atoms with Gasteiger partial charge < -0.3 is 15.1 Å². The summed E-state index contributed by atoms with van der Waals surface area (Å²) in [6.07, 6.45) is 3.70. The Balaban J connectivity index is 1.99. The predicted octanol–water partition coefficient (Wildman–Crippen LogP) is 0.845. The van der Waals surface area contributed by atoms with Gasteiger partial charge in [-0.3, -0.25) is 9.59 Å². The van der Waals surface area contributed by atoms with Crippen LogP contribution in [0, 0.1) is 5.92 Å².